The van der Waals surface area contributed by atoms with Gasteiger partial charge in [0.05, 0.1) is 13.2 Å². The second kappa shape index (κ2) is 8.47. The van der Waals surface area contributed by atoms with Gasteiger partial charge < -0.3 is 27.2 Å². The van der Waals surface area contributed by atoms with Gasteiger partial charge in [0.2, 0.25) is 0 Å². The van der Waals surface area contributed by atoms with Gasteiger partial charge in [0.1, 0.15) is 11.5 Å². The van der Waals surface area contributed by atoms with E-state index in [-0.39, 0.29) is 25.1 Å². The maximum atomic E-state index is 9.12. The van der Waals surface area contributed by atoms with Crippen molar-refractivity contribution in [2.75, 3.05) is 6.61 Å². The number of aliphatic hydroxyl groups is 1. The molecule has 0 bridgehead atoms. The van der Waals surface area contributed by atoms with Gasteiger partial charge in [-0.2, -0.15) is 0 Å². The minimum Gasteiger partial charge on any atom is -1.00 e. The van der Waals surface area contributed by atoms with Crippen LogP contribution in [0.3, 0.4) is 0 Å². The van der Waals surface area contributed by atoms with E-state index >= 15 is 0 Å². The first-order valence-corrected chi connectivity index (χ1v) is 7.21. The highest BCUT2D eigenvalue weighted by Gasteiger charge is 2.07. The van der Waals surface area contributed by atoms with Gasteiger partial charge in [0, 0.05) is 16.1 Å². The van der Waals surface area contributed by atoms with E-state index in [1.807, 2.05) is 43.3 Å². The number of benzene rings is 1. The van der Waals surface area contributed by atoms with Crippen LogP contribution in [0, 0.1) is 0 Å². The Morgan fingerprint density at radius 2 is 1.90 bits per heavy atom. The van der Waals surface area contributed by atoms with Crippen LogP contribution in [0.15, 0.2) is 45.3 Å². The van der Waals surface area contributed by atoms with E-state index in [4.69, 9.17) is 9.52 Å². The molecule has 1 heterocycles. The van der Waals surface area contributed by atoms with Gasteiger partial charge in [-0.1, -0.05) is 35.0 Å². The van der Waals surface area contributed by atoms with Crippen LogP contribution in [0.4, 0.5) is 0 Å². The number of nitrogens with one attached hydrogen (secondary N) is 1. The number of halogens is 2. The SMILES string of the molecule is CCC(CO)NCc1ccc(-c2ccc(Br)cc2)o1.[Cl-]. The first-order valence-electron chi connectivity index (χ1n) is 6.41. The molecular formula is C15H18BrClNO2-. The summed E-state index contributed by atoms with van der Waals surface area (Å²) in [5, 5.41) is 12.4. The van der Waals surface area contributed by atoms with Gasteiger partial charge in [-0.05, 0) is 30.7 Å². The summed E-state index contributed by atoms with van der Waals surface area (Å²) in [5.74, 6) is 1.74. The number of rotatable bonds is 6. The van der Waals surface area contributed by atoms with Crippen LogP contribution in [0.25, 0.3) is 11.3 Å². The molecule has 3 nitrogen and oxygen atoms in total. The van der Waals surface area contributed by atoms with Gasteiger partial charge in [-0.3, -0.25) is 0 Å². The fourth-order valence-electron chi connectivity index (χ4n) is 1.83. The van der Waals surface area contributed by atoms with E-state index in [1.165, 1.54) is 0 Å². The van der Waals surface area contributed by atoms with Gasteiger partial charge in [-0.25, -0.2) is 0 Å². The molecule has 1 unspecified atom stereocenters. The van der Waals surface area contributed by atoms with Crippen molar-refractivity contribution in [2.45, 2.75) is 25.9 Å². The second-order valence-electron chi connectivity index (χ2n) is 4.44. The molecule has 0 aliphatic rings. The van der Waals surface area contributed by atoms with Crippen molar-refractivity contribution in [2.24, 2.45) is 0 Å². The highest BCUT2D eigenvalue weighted by atomic mass is 79.9. The number of hydrogen-bond acceptors (Lipinski definition) is 3. The zero-order chi connectivity index (χ0) is 13.7. The number of hydrogen-bond donors (Lipinski definition) is 2. The lowest BCUT2D eigenvalue weighted by molar-refractivity contribution is -0.00000539. The Kier molecular flexibility index (Phi) is 7.30. The lowest BCUT2D eigenvalue weighted by atomic mass is 10.2. The molecular weight excluding hydrogens is 342 g/mol. The maximum Gasteiger partial charge on any atom is 0.134 e. The largest absolute Gasteiger partial charge is 1.00 e. The van der Waals surface area contributed by atoms with Crippen LogP contribution in [0.2, 0.25) is 0 Å². The fraction of sp³-hybridized carbons (Fsp3) is 0.333. The van der Waals surface area contributed by atoms with Crippen LogP contribution in [0.1, 0.15) is 19.1 Å². The third-order valence-corrected chi connectivity index (χ3v) is 3.60. The Bertz CT molecular complexity index is 509. The first kappa shape index (κ1) is 17.2. The Labute approximate surface area is 133 Å². The summed E-state index contributed by atoms with van der Waals surface area (Å²) >= 11 is 3.42. The summed E-state index contributed by atoms with van der Waals surface area (Å²) in [7, 11) is 0. The van der Waals surface area contributed by atoms with Crippen molar-refractivity contribution in [3.8, 4) is 11.3 Å². The van der Waals surface area contributed by atoms with Crippen molar-refractivity contribution in [1.82, 2.24) is 5.32 Å². The van der Waals surface area contributed by atoms with Crippen molar-refractivity contribution >= 4 is 15.9 Å². The predicted molar refractivity (Wildman–Crippen MR) is 79.8 cm³/mol. The topological polar surface area (TPSA) is 45.4 Å². The molecule has 0 aliphatic heterocycles. The number of aliphatic hydroxyl groups excluding tert-OH is 1. The fourth-order valence-corrected chi connectivity index (χ4v) is 2.09. The minimum absolute atomic E-state index is 0. The normalized spacial score (nSPS) is 11.9. The molecule has 1 atom stereocenters. The average Bonchev–Trinajstić information content (AvgIpc) is 2.89. The van der Waals surface area contributed by atoms with Crippen LogP contribution in [-0.2, 0) is 6.54 Å². The number of furan rings is 1. The van der Waals surface area contributed by atoms with Gasteiger partial charge >= 0.3 is 0 Å². The molecule has 0 amide bonds. The highest BCUT2D eigenvalue weighted by Crippen LogP contribution is 2.23. The molecule has 2 aromatic rings. The predicted octanol–water partition coefficient (Wildman–Crippen LogP) is 0.574. The molecule has 110 valence electrons. The molecule has 1 aromatic carbocycles. The summed E-state index contributed by atoms with van der Waals surface area (Å²) < 4.78 is 6.84. The molecule has 20 heavy (non-hydrogen) atoms. The Hall–Kier alpha value is -0.810. The van der Waals surface area contributed by atoms with Crippen LogP contribution in [-0.4, -0.2) is 17.8 Å². The van der Waals surface area contributed by atoms with Crippen LogP contribution < -0.4 is 17.7 Å². The molecule has 0 aliphatic carbocycles. The van der Waals surface area contributed by atoms with Crippen molar-refractivity contribution in [1.29, 1.82) is 0 Å². The zero-order valence-corrected chi connectivity index (χ0v) is 13.6. The highest BCUT2D eigenvalue weighted by molar-refractivity contribution is 9.10. The van der Waals surface area contributed by atoms with Gasteiger partial charge in [-0.15, -0.1) is 0 Å². The van der Waals surface area contributed by atoms with E-state index in [0.29, 0.717) is 6.54 Å². The molecule has 0 radical (unpaired) electrons. The Balaban J connectivity index is 0.00000200. The molecule has 5 heteroatoms. The Morgan fingerprint density at radius 3 is 2.50 bits per heavy atom. The summed E-state index contributed by atoms with van der Waals surface area (Å²) in [6.07, 6.45) is 0.900. The van der Waals surface area contributed by atoms with Crippen molar-refractivity contribution in [3.63, 3.8) is 0 Å². The van der Waals surface area contributed by atoms with E-state index in [9.17, 15) is 0 Å². The molecule has 0 spiro atoms. The Morgan fingerprint density at radius 1 is 1.20 bits per heavy atom. The second-order valence-corrected chi connectivity index (χ2v) is 5.36. The van der Waals surface area contributed by atoms with E-state index in [1.54, 1.807) is 0 Å². The molecule has 2 N–H and O–H groups in total. The molecule has 0 saturated carbocycles. The van der Waals surface area contributed by atoms with Crippen molar-refractivity contribution < 1.29 is 21.9 Å². The first-order chi connectivity index (χ1) is 9.22. The standard InChI is InChI=1S/C15H18BrNO2.ClH/c1-2-13(10-18)17-9-14-7-8-15(19-14)11-3-5-12(16)6-4-11;/h3-8,13,17-18H,2,9-10H2,1H3;1H/p-1. The van der Waals surface area contributed by atoms with E-state index in [0.717, 1.165) is 28.0 Å². The smallest absolute Gasteiger partial charge is 0.134 e. The summed E-state index contributed by atoms with van der Waals surface area (Å²) in [6.45, 7) is 2.83. The molecule has 1 aromatic heterocycles. The van der Waals surface area contributed by atoms with Crippen LogP contribution in [0.5, 0.6) is 0 Å². The molecule has 0 saturated heterocycles. The van der Waals surface area contributed by atoms with Gasteiger partial charge in [0.15, 0.2) is 0 Å². The van der Waals surface area contributed by atoms with Crippen LogP contribution >= 0.6 is 15.9 Å². The lowest BCUT2D eigenvalue weighted by Crippen LogP contribution is -3.00. The maximum absolute atomic E-state index is 9.12. The zero-order valence-electron chi connectivity index (χ0n) is 11.3. The molecule has 2 rings (SSSR count). The summed E-state index contributed by atoms with van der Waals surface area (Å²) in [6, 6.07) is 12.1. The van der Waals surface area contributed by atoms with Gasteiger partial charge in [0.25, 0.3) is 0 Å². The third-order valence-electron chi connectivity index (χ3n) is 3.07. The van der Waals surface area contributed by atoms with Crippen molar-refractivity contribution in [3.05, 3.63) is 46.6 Å². The summed E-state index contributed by atoms with van der Waals surface area (Å²) in [4.78, 5) is 0. The average molecular weight is 360 g/mol. The molecule has 0 fully saturated rings. The van der Waals surface area contributed by atoms with E-state index in [2.05, 4.69) is 21.2 Å². The van der Waals surface area contributed by atoms with E-state index < -0.39 is 0 Å². The quantitative estimate of drug-likeness (QED) is 0.793. The third kappa shape index (κ3) is 4.63. The monoisotopic (exact) mass is 358 g/mol. The summed E-state index contributed by atoms with van der Waals surface area (Å²) in [5.41, 5.74) is 1.06. The lowest BCUT2D eigenvalue weighted by Gasteiger charge is -2.12. The minimum atomic E-state index is 0.